The third-order valence-electron chi connectivity index (χ3n) is 3.87. The smallest absolute Gasteiger partial charge is 0.337 e. The molecule has 1 aliphatic rings. The molecular formula is C14H17FN2O3. The van der Waals surface area contributed by atoms with E-state index < -0.39 is 11.8 Å². The minimum atomic E-state index is -1.28. The third-order valence-corrected chi connectivity index (χ3v) is 3.87. The van der Waals surface area contributed by atoms with Crippen molar-refractivity contribution in [3.63, 3.8) is 0 Å². The van der Waals surface area contributed by atoms with E-state index in [1.165, 1.54) is 6.07 Å². The van der Waals surface area contributed by atoms with E-state index in [4.69, 9.17) is 10.8 Å². The SMILES string of the molecule is NCC1(CC(=O)Nc2ccc(F)cc2C(=O)O)CCC1. The van der Waals surface area contributed by atoms with Gasteiger partial charge in [-0.2, -0.15) is 0 Å². The first kappa shape index (κ1) is 14.5. The van der Waals surface area contributed by atoms with Gasteiger partial charge in [-0.1, -0.05) is 6.42 Å². The van der Waals surface area contributed by atoms with Gasteiger partial charge in [0.25, 0.3) is 0 Å². The van der Waals surface area contributed by atoms with Crippen LogP contribution in [0.4, 0.5) is 10.1 Å². The summed E-state index contributed by atoms with van der Waals surface area (Å²) in [6.45, 7) is 0.440. The van der Waals surface area contributed by atoms with Crippen molar-refractivity contribution in [2.75, 3.05) is 11.9 Å². The summed E-state index contributed by atoms with van der Waals surface area (Å²) in [5, 5.41) is 11.5. The molecule has 0 atom stereocenters. The van der Waals surface area contributed by atoms with E-state index in [1.807, 2.05) is 0 Å². The Morgan fingerprint density at radius 3 is 2.60 bits per heavy atom. The number of rotatable bonds is 5. The van der Waals surface area contributed by atoms with Crippen molar-refractivity contribution in [2.45, 2.75) is 25.7 Å². The van der Waals surface area contributed by atoms with Gasteiger partial charge in [-0.15, -0.1) is 0 Å². The van der Waals surface area contributed by atoms with E-state index in [0.717, 1.165) is 31.4 Å². The Labute approximate surface area is 116 Å². The quantitative estimate of drug-likeness (QED) is 0.769. The van der Waals surface area contributed by atoms with Gasteiger partial charge in [0.05, 0.1) is 11.3 Å². The van der Waals surface area contributed by atoms with Crippen LogP contribution in [-0.2, 0) is 4.79 Å². The number of halogens is 1. The second-order valence-corrected chi connectivity index (χ2v) is 5.28. The highest BCUT2D eigenvalue weighted by Gasteiger charge is 2.37. The molecule has 1 amide bonds. The fourth-order valence-electron chi connectivity index (χ4n) is 2.47. The molecule has 0 radical (unpaired) electrons. The van der Waals surface area contributed by atoms with E-state index in [-0.39, 0.29) is 29.0 Å². The highest BCUT2D eigenvalue weighted by molar-refractivity contribution is 6.00. The van der Waals surface area contributed by atoms with Crippen LogP contribution in [-0.4, -0.2) is 23.5 Å². The van der Waals surface area contributed by atoms with Crippen molar-refractivity contribution in [3.05, 3.63) is 29.6 Å². The Balaban J connectivity index is 2.10. The molecule has 5 nitrogen and oxygen atoms in total. The van der Waals surface area contributed by atoms with E-state index in [9.17, 15) is 14.0 Å². The van der Waals surface area contributed by atoms with Gasteiger partial charge in [0.15, 0.2) is 0 Å². The van der Waals surface area contributed by atoms with Gasteiger partial charge in [-0.05, 0) is 43.0 Å². The first-order chi connectivity index (χ1) is 9.46. The number of nitrogens with one attached hydrogen (secondary N) is 1. The van der Waals surface area contributed by atoms with Crippen LogP contribution >= 0.6 is 0 Å². The summed E-state index contributed by atoms with van der Waals surface area (Å²) in [5.41, 5.74) is 5.38. The molecule has 1 aromatic carbocycles. The van der Waals surface area contributed by atoms with Crippen molar-refractivity contribution in [3.8, 4) is 0 Å². The lowest BCUT2D eigenvalue weighted by molar-refractivity contribution is -0.119. The van der Waals surface area contributed by atoms with Gasteiger partial charge in [0.2, 0.25) is 5.91 Å². The monoisotopic (exact) mass is 280 g/mol. The van der Waals surface area contributed by atoms with Crippen LogP contribution in [0.5, 0.6) is 0 Å². The van der Waals surface area contributed by atoms with E-state index in [2.05, 4.69) is 5.32 Å². The summed E-state index contributed by atoms with van der Waals surface area (Å²) >= 11 is 0. The molecule has 4 N–H and O–H groups in total. The summed E-state index contributed by atoms with van der Waals surface area (Å²) in [6, 6.07) is 3.26. The van der Waals surface area contributed by atoms with E-state index in [0.29, 0.717) is 6.54 Å². The van der Waals surface area contributed by atoms with Crippen molar-refractivity contribution in [2.24, 2.45) is 11.1 Å². The number of carbonyl (C=O) groups is 2. The van der Waals surface area contributed by atoms with Crippen molar-refractivity contribution in [1.82, 2.24) is 0 Å². The number of nitrogens with two attached hydrogens (primary N) is 1. The normalized spacial score (nSPS) is 16.3. The van der Waals surface area contributed by atoms with Crippen molar-refractivity contribution < 1.29 is 19.1 Å². The maximum atomic E-state index is 13.0. The Morgan fingerprint density at radius 2 is 2.10 bits per heavy atom. The maximum Gasteiger partial charge on any atom is 0.337 e. The number of anilines is 1. The number of carboxylic acid groups (broad SMARTS) is 1. The summed E-state index contributed by atoms with van der Waals surface area (Å²) in [7, 11) is 0. The lowest BCUT2D eigenvalue weighted by Crippen LogP contribution is -2.40. The molecule has 0 bridgehead atoms. The van der Waals surface area contributed by atoms with Crippen LogP contribution in [0.25, 0.3) is 0 Å². The molecule has 1 saturated carbocycles. The van der Waals surface area contributed by atoms with Crippen molar-refractivity contribution >= 4 is 17.6 Å². The molecule has 1 fully saturated rings. The molecule has 1 aromatic rings. The summed E-state index contributed by atoms with van der Waals surface area (Å²) in [4.78, 5) is 23.0. The van der Waals surface area contributed by atoms with Gasteiger partial charge in [-0.3, -0.25) is 4.79 Å². The summed E-state index contributed by atoms with van der Waals surface area (Å²) < 4.78 is 13.0. The molecule has 1 aliphatic carbocycles. The lowest BCUT2D eigenvalue weighted by Gasteiger charge is -2.40. The minimum Gasteiger partial charge on any atom is -0.478 e. The maximum absolute atomic E-state index is 13.0. The predicted molar refractivity (Wildman–Crippen MR) is 71.9 cm³/mol. The minimum absolute atomic E-state index is 0.107. The van der Waals surface area contributed by atoms with Gasteiger partial charge >= 0.3 is 5.97 Å². The van der Waals surface area contributed by atoms with Gasteiger partial charge in [-0.25, -0.2) is 9.18 Å². The summed E-state index contributed by atoms with van der Waals surface area (Å²) in [5.74, 6) is -2.22. The van der Waals surface area contributed by atoms with Crippen LogP contribution in [0.15, 0.2) is 18.2 Å². The standard InChI is InChI=1S/C14H17FN2O3/c15-9-2-3-11(10(6-9)13(19)20)17-12(18)7-14(8-16)4-1-5-14/h2-3,6H,1,4-5,7-8,16H2,(H,17,18)(H,19,20). The molecule has 0 spiro atoms. The Morgan fingerprint density at radius 1 is 1.40 bits per heavy atom. The molecule has 0 unspecified atom stereocenters. The second-order valence-electron chi connectivity index (χ2n) is 5.28. The van der Waals surface area contributed by atoms with E-state index >= 15 is 0 Å². The number of carboxylic acids is 1. The lowest BCUT2D eigenvalue weighted by atomic mass is 9.66. The number of benzene rings is 1. The average Bonchev–Trinajstić information content (AvgIpc) is 2.36. The average molecular weight is 280 g/mol. The molecular weight excluding hydrogens is 263 g/mol. The fourth-order valence-corrected chi connectivity index (χ4v) is 2.47. The zero-order valence-electron chi connectivity index (χ0n) is 11.0. The zero-order valence-corrected chi connectivity index (χ0v) is 11.0. The van der Waals surface area contributed by atoms with Crippen LogP contribution in [0.3, 0.4) is 0 Å². The van der Waals surface area contributed by atoms with Crippen molar-refractivity contribution in [1.29, 1.82) is 0 Å². The van der Waals surface area contributed by atoms with Gasteiger partial charge < -0.3 is 16.2 Å². The Kier molecular flexibility index (Phi) is 4.04. The molecule has 6 heteroatoms. The third kappa shape index (κ3) is 2.96. The molecule has 0 heterocycles. The number of hydrogen-bond donors (Lipinski definition) is 3. The highest BCUT2D eigenvalue weighted by Crippen LogP contribution is 2.43. The zero-order chi connectivity index (χ0) is 14.8. The molecule has 0 aliphatic heterocycles. The number of amides is 1. The van der Waals surface area contributed by atoms with Crippen LogP contribution in [0.2, 0.25) is 0 Å². The van der Waals surface area contributed by atoms with Crippen LogP contribution in [0.1, 0.15) is 36.0 Å². The topological polar surface area (TPSA) is 92.4 Å². The highest BCUT2D eigenvalue weighted by atomic mass is 19.1. The second kappa shape index (κ2) is 5.58. The van der Waals surface area contributed by atoms with Gasteiger partial charge in [0.1, 0.15) is 5.82 Å². The fraction of sp³-hybridized carbons (Fsp3) is 0.429. The molecule has 20 heavy (non-hydrogen) atoms. The number of aromatic carboxylic acids is 1. The largest absolute Gasteiger partial charge is 0.478 e. The first-order valence-corrected chi connectivity index (χ1v) is 6.48. The van der Waals surface area contributed by atoms with Crippen LogP contribution < -0.4 is 11.1 Å². The number of carbonyl (C=O) groups excluding carboxylic acids is 1. The molecule has 108 valence electrons. The first-order valence-electron chi connectivity index (χ1n) is 6.48. The Bertz CT molecular complexity index is 536. The molecule has 0 aromatic heterocycles. The van der Waals surface area contributed by atoms with E-state index in [1.54, 1.807) is 0 Å². The Hall–Kier alpha value is -1.95. The number of hydrogen-bond acceptors (Lipinski definition) is 3. The predicted octanol–water partition coefficient (Wildman–Crippen LogP) is 1.98. The van der Waals surface area contributed by atoms with Gasteiger partial charge in [0, 0.05) is 6.42 Å². The molecule has 2 rings (SSSR count). The summed E-state index contributed by atoms with van der Waals surface area (Å²) in [6.07, 6.45) is 3.14. The molecule has 0 saturated heterocycles. The van der Waals surface area contributed by atoms with Crippen LogP contribution in [0, 0.1) is 11.2 Å².